The van der Waals surface area contributed by atoms with Crippen molar-refractivity contribution < 1.29 is 18.7 Å². The van der Waals surface area contributed by atoms with E-state index in [0.29, 0.717) is 35.1 Å². The van der Waals surface area contributed by atoms with E-state index in [-0.39, 0.29) is 29.7 Å². The molecule has 0 spiro atoms. The van der Waals surface area contributed by atoms with Gasteiger partial charge in [0.2, 0.25) is 5.95 Å². The summed E-state index contributed by atoms with van der Waals surface area (Å²) in [4.78, 5) is 36.2. The molecule has 34 heavy (non-hydrogen) atoms. The predicted molar refractivity (Wildman–Crippen MR) is 125 cm³/mol. The summed E-state index contributed by atoms with van der Waals surface area (Å²) < 4.78 is 19.0. The molecule has 3 aromatic carbocycles. The number of amides is 1. The zero-order chi connectivity index (χ0) is 23.8. The molecule has 0 saturated carbocycles. The Bertz CT molecular complexity index is 1430. The third kappa shape index (κ3) is 3.83. The van der Waals surface area contributed by atoms with Crippen LogP contribution < -0.4 is 5.73 Å². The van der Waals surface area contributed by atoms with Crippen molar-refractivity contribution in [2.75, 3.05) is 12.3 Å². The average molecular weight is 456 g/mol. The van der Waals surface area contributed by atoms with Crippen LogP contribution >= 0.6 is 0 Å². The van der Waals surface area contributed by atoms with Gasteiger partial charge in [0.1, 0.15) is 11.5 Å². The molecule has 0 saturated heterocycles. The van der Waals surface area contributed by atoms with Crippen molar-refractivity contribution in [2.24, 2.45) is 0 Å². The minimum atomic E-state index is -0.628. The summed E-state index contributed by atoms with van der Waals surface area (Å²) in [6, 6.07) is 17.0. The van der Waals surface area contributed by atoms with Crippen molar-refractivity contribution in [1.82, 2.24) is 14.9 Å². The van der Waals surface area contributed by atoms with E-state index in [1.54, 1.807) is 30.0 Å². The Hall–Kier alpha value is -4.33. The number of hydrogen-bond acceptors (Lipinski definition) is 6. The molecule has 1 aliphatic rings. The summed E-state index contributed by atoms with van der Waals surface area (Å²) in [6.45, 7) is 2.80. The molecule has 2 N–H and O–H groups in total. The molecular formula is C26H21FN4O3. The molecule has 7 nitrogen and oxygen atoms in total. The van der Waals surface area contributed by atoms with Gasteiger partial charge < -0.3 is 15.4 Å². The molecule has 4 aromatic rings. The van der Waals surface area contributed by atoms with E-state index in [0.717, 1.165) is 17.2 Å². The van der Waals surface area contributed by atoms with Gasteiger partial charge in [-0.25, -0.2) is 19.2 Å². The van der Waals surface area contributed by atoms with Gasteiger partial charge >= 0.3 is 5.97 Å². The number of aromatic nitrogens is 2. The van der Waals surface area contributed by atoms with Gasteiger partial charge in [-0.05, 0) is 53.4 Å². The van der Waals surface area contributed by atoms with Crippen LogP contribution in [-0.2, 0) is 17.8 Å². The standard InChI is InChI=1S/C26H21FN4O3/c1-2-34-25(33)20-12-18(27)8-9-19(20)15-7-10-22-21(11-15)23(30-26(28)29-22)24(32)31-13-16-5-3-4-6-17(16)14-31/h3-12H,2,13-14H2,1H3,(H2,28,29,30). The van der Waals surface area contributed by atoms with Crippen molar-refractivity contribution in [1.29, 1.82) is 0 Å². The Balaban J connectivity index is 1.60. The largest absolute Gasteiger partial charge is 0.462 e. The van der Waals surface area contributed by atoms with E-state index in [4.69, 9.17) is 10.5 Å². The zero-order valence-electron chi connectivity index (χ0n) is 18.4. The fourth-order valence-corrected chi connectivity index (χ4v) is 4.25. The smallest absolute Gasteiger partial charge is 0.338 e. The molecule has 0 fully saturated rings. The molecule has 0 bridgehead atoms. The van der Waals surface area contributed by atoms with E-state index < -0.39 is 11.8 Å². The van der Waals surface area contributed by atoms with E-state index in [1.165, 1.54) is 12.1 Å². The van der Waals surface area contributed by atoms with E-state index in [2.05, 4.69) is 9.97 Å². The molecule has 0 unspecified atom stereocenters. The fraction of sp³-hybridized carbons (Fsp3) is 0.154. The Kier molecular flexibility index (Phi) is 5.41. The van der Waals surface area contributed by atoms with Gasteiger partial charge in [0.25, 0.3) is 5.91 Å². The number of anilines is 1. The second-order valence-electron chi connectivity index (χ2n) is 8.00. The lowest BCUT2D eigenvalue weighted by atomic mass is 9.97. The summed E-state index contributed by atoms with van der Waals surface area (Å²) in [6.07, 6.45) is 0. The molecule has 0 aliphatic carbocycles. The van der Waals surface area contributed by atoms with Crippen molar-refractivity contribution in [3.63, 3.8) is 0 Å². The second kappa shape index (κ2) is 8.55. The summed E-state index contributed by atoms with van der Waals surface area (Å²) >= 11 is 0. The lowest BCUT2D eigenvalue weighted by molar-refractivity contribution is 0.0526. The van der Waals surface area contributed by atoms with Gasteiger partial charge in [-0.2, -0.15) is 0 Å². The van der Waals surface area contributed by atoms with Crippen LogP contribution in [0.25, 0.3) is 22.0 Å². The summed E-state index contributed by atoms with van der Waals surface area (Å²) in [5, 5.41) is 0.492. The van der Waals surface area contributed by atoms with Gasteiger partial charge in [-0.1, -0.05) is 36.4 Å². The number of nitrogens with two attached hydrogens (primary N) is 1. The van der Waals surface area contributed by atoms with Gasteiger partial charge in [0, 0.05) is 18.5 Å². The molecule has 1 aromatic heterocycles. The van der Waals surface area contributed by atoms with Crippen molar-refractivity contribution in [2.45, 2.75) is 20.0 Å². The molecule has 170 valence electrons. The number of fused-ring (bicyclic) bond motifs is 2. The number of benzene rings is 3. The normalized spacial score (nSPS) is 12.6. The van der Waals surface area contributed by atoms with Crippen molar-refractivity contribution >= 4 is 28.7 Å². The summed E-state index contributed by atoms with van der Waals surface area (Å²) in [7, 11) is 0. The van der Waals surface area contributed by atoms with Crippen LogP contribution in [0.3, 0.4) is 0 Å². The van der Waals surface area contributed by atoms with E-state index >= 15 is 0 Å². The van der Waals surface area contributed by atoms with Crippen LogP contribution in [-0.4, -0.2) is 33.4 Å². The highest BCUT2D eigenvalue weighted by molar-refractivity contribution is 6.06. The first-order valence-electron chi connectivity index (χ1n) is 10.8. The number of hydrogen-bond donors (Lipinski definition) is 1. The number of ether oxygens (including phenoxy) is 1. The lowest BCUT2D eigenvalue weighted by Gasteiger charge is -2.17. The number of halogens is 1. The maximum Gasteiger partial charge on any atom is 0.338 e. The Morgan fingerprint density at radius 3 is 2.47 bits per heavy atom. The Labute approximate surface area is 195 Å². The summed E-state index contributed by atoms with van der Waals surface area (Å²) in [5.74, 6) is -1.45. The zero-order valence-corrected chi connectivity index (χ0v) is 18.4. The molecular weight excluding hydrogens is 435 g/mol. The molecule has 1 aliphatic heterocycles. The molecule has 8 heteroatoms. The number of nitrogen functional groups attached to an aromatic ring is 1. The molecule has 0 atom stereocenters. The first-order valence-corrected chi connectivity index (χ1v) is 10.8. The quantitative estimate of drug-likeness (QED) is 0.459. The number of esters is 1. The average Bonchev–Trinajstić information content (AvgIpc) is 3.27. The molecule has 5 rings (SSSR count). The minimum Gasteiger partial charge on any atom is -0.462 e. The van der Waals surface area contributed by atoms with Gasteiger partial charge in [-0.15, -0.1) is 0 Å². The first kappa shape index (κ1) is 21.5. The van der Waals surface area contributed by atoms with Gasteiger partial charge in [-0.3, -0.25) is 4.79 Å². The number of carbonyl (C=O) groups excluding carboxylic acids is 2. The van der Waals surface area contributed by atoms with Crippen molar-refractivity contribution in [3.8, 4) is 11.1 Å². The van der Waals surface area contributed by atoms with E-state index in [1.807, 2.05) is 24.3 Å². The van der Waals surface area contributed by atoms with Crippen molar-refractivity contribution in [3.05, 3.63) is 88.9 Å². The number of rotatable bonds is 4. The van der Waals surface area contributed by atoms with Crippen LogP contribution in [0, 0.1) is 5.82 Å². The van der Waals surface area contributed by atoms with Gasteiger partial charge in [0.05, 0.1) is 17.7 Å². The topological polar surface area (TPSA) is 98.4 Å². The summed E-state index contributed by atoms with van der Waals surface area (Å²) in [5.41, 5.74) is 9.94. The maximum atomic E-state index is 13.9. The Morgan fingerprint density at radius 2 is 1.76 bits per heavy atom. The Morgan fingerprint density at radius 1 is 1.03 bits per heavy atom. The van der Waals surface area contributed by atoms with Crippen LogP contribution in [0.4, 0.5) is 10.3 Å². The predicted octanol–water partition coefficient (Wildman–Crippen LogP) is 4.35. The first-order chi connectivity index (χ1) is 16.4. The highest BCUT2D eigenvalue weighted by Crippen LogP contribution is 2.31. The molecule has 2 heterocycles. The third-order valence-corrected chi connectivity index (χ3v) is 5.83. The number of carbonyl (C=O) groups is 2. The lowest BCUT2D eigenvalue weighted by Crippen LogP contribution is -2.27. The van der Waals surface area contributed by atoms with Crippen LogP contribution in [0.1, 0.15) is 38.9 Å². The second-order valence-corrected chi connectivity index (χ2v) is 8.00. The highest BCUT2D eigenvalue weighted by Gasteiger charge is 2.27. The third-order valence-electron chi connectivity index (χ3n) is 5.83. The van der Waals surface area contributed by atoms with Crippen LogP contribution in [0.2, 0.25) is 0 Å². The monoisotopic (exact) mass is 456 g/mol. The van der Waals surface area contributed by atoms with Crippen LogP contribution in [0.5, 0.6) is 0 Å². The number of nitrogens with zero attached hydrogens (tertiary/aromatic N) is 3. The minimum absolute atomic E-state index is 0.00527. The van der Waals surface area contributed by atoms with Crippen LogP contribution in [0.15, 0.2) is 60.7 Å². The highest BCUT2D eigenvalue weighted by atomic mass is 19.1. The molecule has 0 radical (unpaired) electrons. The van der Waals surface area contributed by atoms with Gasteiger partial charge in [0.15, 0.2) is 0 Å². The van der Waals surface area contributed by atoms with E-state index in [9.17, 15) is 14.0 Å². The molecule has 1 amide bonds. The fourth-order valence-electron chi connectivity index (χ4n) is 4.25. The SMILES string of the molecule is CCOC(=O)c1cc(F)ccc1-c1ccc2nc(N)nc(C(=O)N3Cc4ccccc4C3)c2c1. The maximum absolute atomic E-state index is 13.9.